The van der Waals surface area contributed by atoms with E-state index < -0.39 is 12.3 Å². The maximum atomic E-state index is 12.4. The second-order valence-corrected chi connectivity index (χ2v) is 6.85. The highest BCUT2D eigenvalue weighted by molar-refractivity contribution is 5.97. The van der Waals surface area contributed by atoms with Crippen LogP contribution in [0, 0.1) is 17.2 Å². The number of aromatic nitrogens is 1. The van der Waals surface area contributed by atoms with E-state index in [0.29, 0.717) is 27.7 Å². The van der Waals surface area contributed by atoms with E-state index in [2.05, 4.69) is 9.72 Å². The number of aromatic amines is 1. The number of carbonyl (C=O) groups is 1. The molecule has 5 nitrogen and oxygen atoms in total. The zero-order valence-electron chi connectivity index (χ0n) is 15.6. The number of fused-ring (bicyclic) bond motifs is 1. The molecule has 29 heavy (non-hydrogen) atoms. The molecule has 0 aliphatic heterocycles. The van der Waals surface area contributed by atoms with Gasteiger partial charge in [-0.1, -0.05) is 13.8 Å². The Morgan fingerprint density at radius 1 is 1.17 bits per heavy atom. The molecule has 0 amide bonds. The van der Waals surface area contributed by atoms with Crippen LogP contribution in [0.5, 0.6) is 11.5 Å². The van der Waals surface area contributed by atoms with Crippen LogP contribution >= 0.6 is 0 Å². The summed E-state index contributed by atoms with van der Waals surface area (Å²) < 4.78 is 46.6. The Balaban J connectivity index is 2.05. The molecule has 0 bridgehead atoms. The molecule has 0 atom stereocenters. The molecule has 0 aliphatic carbocycles. The number of halogens is 3. The summed E-state index contributed by atoms with van der Waals surface area (Å²) in [6.07, 6.45) is -4.59. The van der Waals surface area contributed by atoms with Crippen molar-refractivity contribution in [3.63, 3.8) is 0 Å². The van der Waals surface area contributed by atoms with E-state index in [4.69, 9.17) is 10.00 Å². The first-order chi connectivity index (χ1) is 13.7. The first-order valence-corrected chi connectivity index (χ1v) is 8.79. The number of ether oxygens (including phenoxy) is 2. The van der Waals surface area contributed by atoms with Crippen LogP contribution in [-0.4, -0.2) is 17.3 Å². The Kier molecular flexibility index (Phi) is 5.50. The van der Waals surface area contributed by atoms with Gasteiger partial charge in [0, 0.05) is 22.9 Å². The van der Waals surface area contributed by atoms with E-state index in [0.717, 1.165) is 0 Å². The van der Waals surface area contributed by atoms with Crippen molar-refractivity contribution in [2.45, 2.75) is 26.6 Å². The fourth-order valence-electron chi connectivity index (χ4n) is 2.86. The van der Waals surface area contributed by atoms with Gasteiger partial charge in [-0.15, -0.1) is 13.2 Å². The van der Waals surface area contributed by atoms with Gasteiger partial charge in [-0.05, 0) is 48.4 Å². The summed E-state index contributed by atoms with van der Waals surface area (Å²) in [6.45, 7) is 3.76. The van der Waals surface area contributed by atoms with Gasteiger partial charge in [0.15, 0.2) is 5.75 Å². The number of nitriles is 1. The smallest absolute Gasteiger partial charge is 0.424 e. The SMILES string of the molecule is CC(C)CC(=O)Oc1c(-c2ccc(OC(F)(F)F)cc2)[nH]c2ccc(C#N)cc12. The molecule has 1 aromatic heterocycles. The highest BCUT2D eigenvalue weighted by atomic mass is 19.4. The number of esters is 1. The van der Waals surface area contributed by atoms with Crippen molar-refractivity contribution < 1.29 is 27.4 Å². The van der Waals surface area contributed by atoms with E-state index in [-0.39, 0.29) is 23.8 Å². The van der Waals surface area contributed by atoms with Crippen molar-refractivity contribution in [2.75, 3.05) is 0 Å². The monoisotopic (exact) mass is 402 g/mol. The lowest BCUT2D eigenvalue weighted by molar-refractivity contribution is -0.274. The third kappa shape index (κ3) is 4.88. The normalized spacial score (nSPS) is 11.5. The van der Waals surface area contributed by atoms with Gasteiger partial charge in [0.1, 0.15) is 5.75 Å². The van der Waals surface area contributed by atoms with E-state index >= 15 is 0 Å². The van der Waals surface area contributed by atoms with Crippen molar-refractivity contribution in [3.8, 4) is 28.8 Å². The molecule has 150 valence electrons. The van der Waals surface area contributed by atoms with Crippen LogP contribution in [-0.2, 0) is 4.79 Å². The predicted octanol–water partition coefficient (Wildman–Crippen LogP) is 5.56. The summed E-state index contributed by atoms with van der Waals surface area (Å²) in [6, 6.07) is 12.1. The Hall–Kier alpha value is -3.47. The number of carbonyl (C=O) groups excluding carboxylic acids is 1. The number of benzene rings is 2. The molecular formula is C21H17F3N2O3. The van der Waals surface area contributed by atoms with Gasteiger partial charge >= 0.3 is 12.3 Å². The van der Waals surface area contributed by atoms with Gasteiger partial charge in [-0.3, -0.25) is 4.79 Å². The largest absolute Gasteiger partial charge is 0.573 e. The molecule has 1 N–H and O–H groups in total. The summed E-state index contributed by atoms with van der Waals surface area (Å²) in [5, 5.41) is 9.70. The molecule has 1 heterocycles. The van der Waals surface area contributed by atoms with E-state index in [1.165, 1.54) is 24.3 Å². The molecule has 0 saturated carbocycles. The Morgan fingerprint density at radius 2 is 1.86 bits per heavy atom. The highest BCUT2D eigenvalue weighted by Crippen LogP contribution is 2.38. The van der Waals surface area contributed by atoms with E-state index in [1.807, 2.05) is 19.9 Å². The second kappa shape index (κ2) is 7.87. The third-order valence-corrected chi connectivity index (χ3v) is 4.05. The minimum absolute atomic E-state index is 0.0876. The van der Waals surface area contributed by atoms with E-state index in [9.17, 15) is 18.0 Å². The Labute approximate surface area is 164 Å². The van der Waals surface area contributed by atoms with Crippen LogP contribution in [0.3, 0.4) is 0 Å². The summed E-state index contributed by atoms with van der Waals surface area (Å²) >= 11 is 0. The van der Waals surface area contributed by atoms with Gasteiger partial charge in [0.25, 0.3) is 0 Å². The second-order valence-electron chi connectivity index (χ2n) is 6.85. The van der Waals surface area contributed by atoms with Gasteiger partial charge < -0.3 is 14.5 Å². The number of hydrogen-bond acceptors (Lipinski definition) is 4. The lowest BCUT2D eigenvalue weighted by atomic mass is 10.1. The summed E-state index contributed by atoms with van der Waals surface area (Å²) in [7, 11) is 0. The number of alkyl halides is 3. The average molecular weight is 402 g/mol. The quantitative estimate of drug-likeness (QED) is 0.567. The minimum atomic E-state index is -4.78. The van der Waals surface area contributed by atoms with Crippen molar-refractivity contribution in [3.05, 3.63) is 48.0 Å². The van der Waals surface area contributed by atoms with Gasteiger partial charge in [0.2, 0.25) is 0 Å². The summed E-state index contributed by atoms with van der Waals surface area (Å²) in [5.41, 5.74) is 1.94. The molecule has 2 aromatic carbocycles. The van der Waals surface area contributed by atoms with Gasteiger partial charge in [-0.25, -0.2) is 0 Å². The maximum absolute atomic E-state index is 12.4. The van der Waals surface area contributed by atoms with Crippen molar-refractivity contribution in [1.82, 2.24) is 4.98 Å². The molecule has 3 rings (SSSR count). The fraction of sp³-hybridized carbons (Fsp3) is 0.238. The number of H-pyrrole nitrogens is 1. The van der Waals surface area contributed by atoms with Crippen molar-refractivity contribution in [2.24, 2.45) is 5.92 Å². The first kappa shape index (κ1) is 20.3. The average Bonchev–Trinajstić information content (AvgIpc) is 2.98. The topological polar surface area (TPSA) is 75.1 Å². The molecule has 0 saturated heterocycles. The zero-order valence-corrected chi connectivity index (χ0v) is 15.6. The number of nitrogens with one attached hydrogen (secondary N) is 1. The molecule has 0 spiro atoms. The number of rotatable bonds is 5. The molecule has 0 unspecified atom stereocenters. The van der Waals surface area contributed by atoms with Gasteiger partial charge in [-0.2, -0.15) is 5.26 Å². The van der Waals surface area contributed by atoms with Crippen LogP contribution in [0.2, 0.25) is 0 Å². The van der Waals surface area contributed by atoms with Crippen LogP contribution < -0.4 is 9.47 Å². The summed E-state index contributed by atoms with van der Waals surface area (Å²) in [4.78, 5) is 15.4. The molecular weight excluding hydrogens is 385 g/mol. The fourth-order valence-corrected chi connectivity index (χ4v) is 2.86. The van der Waals surface area contributed by atoms with Gasteiger partial charge in [0.05, 0.1) is 17.3 Å². The molecule has 8 heteroatoms. The van der Waals surface area contributed by atoms with E-state index in [1.54, 1.807) is 18.2 Å². The lowest BCUT2D eigenvalue weighted by Crippen LogP contribution is -2.16. The third-order valence-electron chi connectivity index (χ3n) is 4.05. The Morgan fingerprint density at radius 3 is 2.45 bits per heavy atom. The summed E-state index contributed by atoms with van der Waals surface area (Å²) in [5.74, 6) is -0.485. The lowest BCUT2D eigenvalue weighted by Gasteiger charge is -2.10. The molecule has 0 radical (unpaired) electrons. The number of hydrogen-bond donors (Lipinski definition) is 1. The molecule has 0 fully saturated rings. The Bertz CT molecular complexity index is 1080. The van der Waals surface area contributed by atoms with Crippen LogP contribution in [0.4, 0.5) is 13.2 Å². The number of nitrogens with zero attached hydrogens (tertiary/aromatic N) is 1. The minimum Gasteiger partial charge on any atom is -0.424 e. The maximum Gasteiger partial charge on any atom is 0.573 e. The van der Waals surface area contributed by atoms with Crippen molar-refractivity contribution in [1.29, 1.82) is 5.26 Å². The first-order valence-electron chi connectivity index (χ1n) is 8.79. The molecule has 3 aromatic rings. The van der Waals surface area contributed by atoms with Crippen LogP contribution in [0.25, 0.3) is 22.2 Å². The van der Waals surface area contributed by atoms with Crippen LogP contribution in [0.15, 0.2) is 42.5 Å². The standard InChI is InChI=1S/C21H17F3N2O3/c1-12(2)9-18(27)28-20-16-10-13(11-25)3-8-17(16)26-19(20)14-4-6-15(7-5-14)29-21(22,23)24/h3-8,10,12,26H,9H2,1-2H3. The predicted molar refractivity (Wildman–Crippen MR) is 100 cm³/mol. The zero-order chi connectivity index (χ0) is 21.2. The van der Waals surface area contributed by atoms with Crippen LogP contribution in [0.1, 0.15) is 25.8 Å². The van der Waals surface area contributed by atoms with Crippen molar-refractivity contribution >= 4 is 16.9 Å². The molecule has 0 aliphatic rings. The highest BCUT2D eigenvalue weighted by Gasteiger charge is 2.31.